The van der Waals surface area contributed by atoms with Gasteiger partial charge in [0.15, 0.2) is 0 Å². The van der Waals surface area contributed by atoms with Crippen LogP contribution in [0.1, 0.15) is 26.9 Å². The van der Waals surface area contributed by atoms with E-state index in [9.17, 15) is 17.6 Å². The van der Waals surface area contributed by atoms with Gasteiger partial charge in [0.25, 0.3) is 0 Å². The SMILES string of the molecule is CNC(c1cc(Br)c(C)s1)c1cc(C(F)(F)F)ccc1F. The van der Waals surface area contributed by atoms with Crippen molar-refractivity contribution in [2.75, 3.05) is 7.05 Å². The zero-order chi connectivity index (χ0) is 15.8. The smallest absolute Gasteiger partial charge is 0.309 e. The van der Waals surface area contributed by atoms with Gasteiger partial charge in [0.1, 0.15) is 5.82 Å². The molecule has 0 radical (unpaired) electrons. The fourth-order valence-electron chi connectivity index (χ4n) is 2.02. The second-order valence-corrected chi connectivity index (χ2v) is 6.65. The molecule has 1 heterocycles. The second kappa shape index (κ2) is 6.06. The average molecular weight is 382 g/mol. The van der Waals surface area contributed by atoms with Crippen molar-refractivity contribution in [1.82, 2.24) is 5.32 Å². The van der Waals surface area contributed by atoms with E-state index in [1.165, 1.54) is 11.3 Å². The molecular weight excluding hydrogens is 370 g/mol. The molecule has 0 spiro atoms. The highest BCUT2D eigenvalue weighted by atomic mass is 79.9. The molecule has 0 aliphatic heterocycles. The lowest BCUT2D eigenvalue weighted by atomic mass is 10.0. The van der Waals surface area contributed by atoms with Crippen LogP contribution < -0.4 is 5.32 Å². The minimum atomic E-state index is -4.49. The van der Waals surface area contributed by atoms with Gasteiger partial charge in [0.2, 0.25) is 0 Å². The first-order chi connectivity index (χ1) is 9.74. The van der Waals surface area contributed by atoms with Crippen molar-refractivity contribution >= 4 is 27.3 Å². The van der Waals surface area contributed by atoms with Crippen LogP contribution in [0.5, 0.6) is 0 Å². The first kappa shape index (κ1) is 16.5. The molecule has 21 heavy (non-hydrogen) atoms. The molecule has 0 aliphatic carbocycles. The molecule has 7 heteroatoms. The summed E-state index contributed by atoms with van der Waals surface area (Å²) < 4.78 is 53.2. The summed E-state index contributed by atoms with van der Waals surface area (Å²) in [5.41, 5.74) is -0.868. The summed E-state index contributed by atoms with van der Waals surface area (Å²) in [5, 5.41) is 2.88. The van der Waals surface area contributed by atoms with E-state index in [1.54, 1.807) is 13.1 Å². The molecular formula is C14H12BrF4NS. The Morgan fingerprint density at radius 3 is 2.38 bits per heavy atom. The van der Waals surface area contributed by atoms with Gasteiger partial charge in [-0.05, 0) is 54.2 Å². The number of aryl methyl sites for hydroxylation is 1. The molecule has 1 atom stereocenters. The molecule has 0 amide bonds. The van der Waals surface area contributed by atoms with Crippen molar-refractivity contribution in [2.24, 2.45) is 0 Å². The normalized spacial score (nSPS) is 13.5. The van der Waals surface area contributed by atoms with Gasteiger partial charge >= 0.3 is 6.18 Å². The van der Waals surface area contributed by atoms with Gasteiger partial charge in [-0.1, -0.05) is 0 Å². The Labute approximate surface area is 132 Å². The number of thiophene rings is 1. The highest BCUT2D eigenvalue weighted by Crippen LogP contribution is 2.37. The van der Waals surface area contributed by atoms with Crippen molar-refractivity contribution in [3.05, 3.63) is 55.4 Å². The highest BCUT2D eigenvalue weighted by Gasteiger charge is 2.32. The Kier molecular flexibility index (Phi) is 4.75. The molecule has 0 bridgehead atoms. The van der Waals surface area contributed by atoms with Crippen molar-refractivity contribution in [2.45, 2.75) is 19.1 Å². The van der Waals surface area contributed by atoms with Crippen LogP contribution in [0.3, 0.4) is 0 Å². The summed E-state index contributed by atoms with van der Waals surface area (Å²) in [7, 11) is 1.59. The largest absolute Gasteiger partial charge is 0.416 e. The number of nitrogens with one attached hydrogen (secondary N) is 1. The Balaban J connectivity index is 2.51. The van der Waals surface area contributed by atoms with Gasteiger partial charge in [0.05, 0.1) is 11.6 Å². The van der Waals surface area contributed by atoms with Gasteiger partial charge in [-0.15, -0.1) is 11.3 Å². The quantitative estimate of drug-likeness (QED) is 0.712. The molecule has 0 aliphatic rings. The Hall–Kier alpha value is -0.920. The standard InChI is InChI=1S/C14H12BrF4NS/c1-7-10(15)6-12(21-7)13(20-2)9-5-8(14(17,18)19)3-4-11(9)16/h3-6,13,20H,1-2H3. The monoisotopic (exact) mass is 381 g/mol. The average Bonchev–Trinajstić information content (AvgIpc) is 2.71. The third-order valence-electron chi connectivity index (χ3n) is 3.08. The lowest BCUT2D eigenvalue weighted by Crippen LogP contribution is -2.19. The van der Waals surface area contributed by atoms with Crippen LogP contribution in [-0.4, -0.2) is 7.05 Å². The van der Waals surface area contributed by atoms with E-state index >= 15 is 0 Å². The fraction of sp³-hybridized carbons (Fsp3) is 0.286. The number of hydrogen-bond donors (Lipinski definition) is 1. The molecule has 0 saturated heterocycles. The van der Waals surface area contributed by atoms with Crippen molar-refractivity contribution in [3.8, 4) is 0 Å². The van der Waals surface area contributed by atoms with E-state index in [0.717, 1.165) is 32.4 Å². The van der Waals surface area contributed by atoms with Crippen LogP contribution in [0.15, 0.2) is 28.7 Å². The number of hydrogen-bond acceptors (Lipinski definition) is 2. The van der Waals surface area contributed by atoms with Crippen molar-refractivity contribution < 1.29 is 17.6 Å². The van der Waals surface area contributed by atoms with Gasteiger partial charge in [0, 0.05) is 19.8 Å². The maximum Gasteiger partial charge on any atom is 0.416 e. The molecule has 114 valence electrons. The second-order valence-electron chi connectivity index (χ2n) is 4.51. The summed E-state index contributed by atoms with van der Waals surface area (Å²) in [5.74, 6) is -0.662. The van der Waals surface area contributed by atoms with Crippen LogP contribution in [0, 0.1) is 12.7 Å². The number of halogens is 5. The zero-order valence-electron chi connectivity index (χ0n) is 11.2. The Bertz CT molecular complexity index is 631. The molecule has 1 N–H and O–H groups in total. The maximum absolute atomic E-state index is 14.0. The van der Waals surface area contributed by atoms with E-state index in [1.807, 2.05) is 6.92 Å². The van der Waals surface area contributed by atoms with E-state index in [0.29, 0.717) is 0 Å². The summed E-state index contributed by atoms with van der Waals surface area (Å²) >= 11 is 4.77. The van der Waals surface area contributed by atoms with Gasteiger partial charge in [-0.2, -0.15) is 13.2 Å². The predicted octanol–water partition coefficient (Wildman–Crippen LogP) is 5.29. The van der Waals surface area contributed by atoms with Crippen LogP contribution in [0.25, 0.3) is 0 Å². The van der Waals surface area contributed by atoms with E-state index in [4.69, 9.17) is 0 Å². The molecule has 1 nitrogen and oxygen atoms in total. The molecule has 2 aromatic rings. The highest BCUT2D eigenvalue weighted by molar-refractivity contribution is 9.10. The number of rotatable bonds is 3. The van der Waals surface area contributed by atoms with Crippen LogP contribution in [-0.2, 0) is 6.18 Å². The first-order valence-corrected chi connectivity index (χ1v) is 7.64. The molecule has 0 fully saturated rings. The summed E-state index contributed by atoms with van der Waals surface area (Å²) in [6, 6.07) is 3.64. The maximum atomic E-state index is 14.0. The van der Waals surface area contributed by atoms with Crippen LogP contribution in [0.2, 0.25) is 0 Å². The van der Waals surface area contributed by atoms with E-state index in [2.05, 4.69) is 21.2 Å². The lowest BCUT2D eigenvalue weighted by molar-refractivity contribution is -0.137. The summed E-state index contributed by atoms with van der Waals surface area (Å²) in [6.07, 6.45) is -4.49. The van der Waals surface area contributed by atoms with Crippen molar-refractivity contribution in [3.63, 3.8) is 0 Å². The van der Waals surface area contributed by atoms with E-state index in [-0.39, 0.29) is 5.56 Å². The van der Waals surface area contributed by atoms with Crippen molar-refractivity contribution in [1.29, 1.82) is 0 Å². The predicted molar refractivity (Wildman–Crippen MR) is 79.1 cm³/mol. The number of alkyl halides is 3. The van der Waals surface area contributed by atoms with Gasteiger partial charge in [-0.3, -0.25) is 0 Å². The first-order valence-electron chi connectivity index (χ1n) is 6.03. The van der Waals surface area contributed by atoms with E-state index < -0.39 is 23.6 Å². The summed E-state index contributed by atoms with van der Waals surface area (Å²) in [6.45, 7) is 1.88. The summed E-state index contributed by atoms with van der Waals surface area (Å²) in [4.78, 5) is 1.73. The minimum absolute atomic E-state index is 0.0129. The fourth-order valence-corrected chi connectivity index (χ4v) is 3.71. The third-order valence-corrected chi connectivity index (χ3v) is 5.29. The molecule has 0 saturated carbocycles. The van der Waals surface area contributed by atoms with Crippen LogP contribution in [0.4, 0.5) is 17.6 Å². The molecule has 1 unspecified atom stereocenters. The Morgan fingerprint density at radius 2 is 1.90 bits per heavy atom. The zero-order valence-corrected chi connectivity index (χ0v) is 13.6. The van der Waals surface area contributed by atoms with Gasteiger partial charge < -0.3 is 5.32 Å². The Morgan fingerprint density at radius 1 is 1.24 bits per heavy atom. The lowest BCUT2D eigenvalue weighted by Gasteiger charge is -2.18. The molecule has 2 rings (SSSR count). The third kappa shape index (κ3) is 3.46. The number of benzene rings is 1. The van der Waals surface area contributed by atoms with Crippen LogP contribution >= 0.6 is 27.3 Å². The molecule has 1 aromatic carbocycles. The molecule has 1 aromatic heterocycles. The minimum Gasteiger partial charge on any atom is -0.309 e. The topological polar surface area (TPSA) is 12.0 Å². The van der Waals surface area contributed by atoms with Gasteiger partial charge in [-0.25, -0.2) is 4.39 Å².